The van der Waals surface area contributed by atoms with E-state index in [4.69, 9.17) is 0 Å². The molecule has 3 atom stereocenters. The number of carbonyl (C=O) groups is 1. The fourth-order valence-corrected chi connectivity index (χ4v) is 5.52. The Morgan fingerprint density at radius 2 is 1.18 bits per heavy atom. The molecule has 34 heavy (non-hydrogen) atoms. The van der Waals surface area contributed by atoms with Crippen molar-refractivity contribution in [1.29, 1.82) is 0 Å². The SMILES string of the molecule is C[C@]1(c2ccccc2)CC(c2ccccc2)=C[C@@](O)(c2ccccc2)[C@H]1C(=O)c1ccccc1. The van der Waals surface area contributed by atoms with Crippen LogP contribution in [0.1, 0.15) is 40.4 Å². The number of aliphatic hydroxyl groups is 1. The van der Waals surface area contributed by atoms with Crippen LogP contribution in [0.25, 0.3) is 5.57 Å². The first-order valence-corrected chi connectivity index (χ1v) is 11.7. The predicted molar refractivity (Wildman–Crippen MR) is 137 cm³/mol. The van der Waals surface area contributed by atoms with Crippen LogP contribution in [0.3, 0.4) is 0 Å². The molecule has 0 aromatic heterocycles. The highest BCUT2D eigenvalue weighted by atomic mass is 16.3. The zero-order valence-corrected chi connectivity index (χ0v) is 19.3. The van der Waals surface area contributed by atoms with Crippen LogP contribution >= 0.6 is 0 Å². The van der Waals surface area contributed by atoms with Crippen molar-refractivity contribution in [1.82, 2.24) is 0 Å². The van der Waals surface area contributed by atoms with E-state index in [0.717, 1.165) is 22.3 Å². The van der Waals surface area contributed by atoms with Gasteiger partial charge in [0.1, 0.15) is 5.60 Å². The molecule has 2 heteroatoms. The Balaban J connectivity index is 1.80. The minimum atomic E-state index is -1.48. The average molecular weight is 445 g/mol. The van der Waals surface area contributed by atoms with Crippen LogP contribution in [0, 0.1) is 5.92 Å². The van der Waals surface area contributed by atoms with Gasteiger partial charge >= 0.3 is 0 Å². The van der Waals surface area contributed by atoms with Crippen LogP contribution < -0.4 is 0 Å². The zero-order valence-electron chi connectivity index (χ0n) is 19.3. The largest absolute Gasteiger partial charge is 0.380 e. The van der Waals surface area contributed by atoms with Gasteiger partial charge in [-0.2, -0.15) is 0 Å². The average Bonchev–Trinajstić information content (AvgIpc) is 2.90. The van der Waals surface area contributed by atoms with Crippen molar-refractivity contribution in [2.75, 3.05) is 0 Å². The monoisotopic (exact) mass is 444 g/mol. The lowest BCUT2D eigenvalue weighted by Crippen LogP contribution is -2.53. The zero-order chi connectivity index (χ0) is 23.6. The number of ketones is 1. The van der Waals surface area contributed by atoms with Crippen LogP contribution in [0.15, 0.2) is 127 Å². The molecule has 0 amide bonds. The van der Waals surface area contributed by atoms with Crippen molar-refractivity contribution in [2.45, 2.75) is 24.4 Å². The van der Waals surface area contributed by atoms with Crippen LogP contribution in [0.4, 0.5) is 0 Å². The standard InChI is InChI=1S/C32H28O2/c1-31(27-18-10-4-11-19-27)22-26(24-14-6-2-7-15-24)23-32(34,28-20-12-5-13-21-28)30(31)29(33)25-16-8-3-9-17-25/h2-21,23,30,34H,22H2,1H3/t30-,31+,32+/m0/s1. The van der Waals surface area contributed by atoms with Crippen molar-refractivity contribution in [3.63, 3.8) is 0 Å². The van der Waals surface area contributed by atoms with Gasteiger partial charge in [0.05, 0.1) is 5.92 Å². The maximum Gasteiger partial charge on any atom is 0.170 e. The van der Waals surface area contributed by atoms with Gasteiger partial charge in [-0.3, -0.25) is 4.79 Å². The first kappa shape index (κ1) is 22.1. The van der Waals surface area contributed by atoms with Gasteiger partial charge in [-0.05, 0) is 34.8 Å². The lowest BCUT2D eigenvalue weighted by molar-refractivity contribution is -0.00846. The van der Waals surface area contributed by atoms with E-state index in [-0.39, 0.29) is 5.78 Å². The fourth-order valence-electron chi connectivity index (χ4n) is 5.52. The number of hydrogen-bond acceptors (Lipinski definition) is 2. The molecule has 0 fully saturated rings. The van der Waals surface area contributed by atoms with Crippen LogP contribution in [-0.4, -0.2) is 10.9 Å². The number of allylic oxidation sites excluding steroid dienone is 1. The Morgan fingerprint density at radius 1 is 0.706 bits per heavy atom. The molecule has 0 heterocycles. The highest BCUT2D eigenvalue weighted by Crippen LogP contribution is 2.54. The van der Waals surface area contributed by atoms with Crippen molar-refractivity contribution in [3.05, 3.63) is 150 Å². The summed E-state index contributed by atoms with van der Waals surface area (Å²) in [4.78, 5) is 14.2. The second-order valence-corrected chi connectivity index (χ2v) is 9.35. The van der Waals surface area contributed by atoms with Crippen molar-refractivity contribution < 1.29 is 9.90 Å². The van der Waals surface area contributed by atoms with E-state index >= 15 is 0 Å². The maximum atomic E-state index is 14.2. The van der Waals surface area contributed by atoms with Crippen LogP contribution in [0.2, 0.25) is 0 Å². The Kier molecular flexibility index (Phi) is 5.77. The Labute approximate surface area is 201 Å². The summed E-state index contributed by atoms with van der Waals surface area (Å²) in [6, 6.07) is 39.3. The van der Waals surface area contributed by atoms with E-state index in [9.17, 15) is 9.90 Å². The smallest absolute Gasteiger partial charge is 0.170 e. The highest BCUT2D eigenvalue weighted by Gasteiger charge is 2.55. The highest BCUT2D eigenvalue weighted by molar-refractivity contribution is 6.01. The summed E-state index contributed by atoms with van der Waals surface area (Å²) in [6.45, 7) is 2.12. The van der Waals surface area contributed by atoms with Crippen LogP contribution in [-0.2, 0) is 11.0 Å². The quantitative estimate of drug-likeness (QED) is 0.343. The number of benzene rings is 4. The van der Waals surface area contributed by atoms with Crippen LogP contribution in [0.5, 0.6) is 0 Å². The molecule has 4 aromatic carbocycles. The molecule has 0 aliphatic heterocycles. The lowest BCUT2D eigenvalue weighted by atomic mass is 9.54. The molecule has 0 bridgehead atoms. The van der Waals surface area contributed by atoms with E-state index in [1.54, 1.807) is 0 Å². The summed E-state index contributed by atoms with van der Waals surface area (Å²) in [6.07, 6.45) is 2.56. The third kappa shape index (κ3) is 3.81. The van der Waals surface area contributed by atoms with Gasteiger partial charge in [0.15, 0.2) is 5.78 Å². The van der Waals surface area contributed by atoms with Crippen molar-refractivity contribution in [2.24, 2.45) is 5.92 Å². The van der Waals surface area contributed by atoms with Gasteiger partial charge < -0.3 is 5.11 Å². The van der Waals surface area contributed by atoms with E-state index in [1.807, 2.05) is 103 Å². The molecular weight excluding hydrogens is 416 g/mol. The second-order valence-electron chi connectivity index (χ2n) is 9.35. The molecule has 1 N–H and O–H groups in total. The summed E-state index contributed by atoms with van der Waals surface area (Å²) in [5.74, 6) is -0.763. The van der Waals surface area contributed by atoms with Gasteiger partial charge in [0.2, 0.25) is 0 Å². The second kappa shape index (κ2) is 8.89. The van der Waals surface area contributed by atoms with E-state index in [1.165, 1.54) is 0 Å². The molecule has 0 spiro atoms. The predicted octanol–water partition coefficient (Wildman–Crippen LogP) is 6.82. The fraction of sp³-hybridized carbons (Fsp3) is 0.156. The summed E-state index contributed by atoms with van der Waals surface area (Å²) < 4.78 is 0. The Morgan fingerprint density at radius 3 is 1.74 bits per heavy atom. The molecule has 2 nitrogen and oxygen atoms in total. The number of hydrogen-bond donors (Lipinski definition) is 1. The number of carbonyl (C=O) groups excluding carboxylic acids is 1. The van der Waals surface area contributed by atoms with E-state index in [2.05, 4.69) is 31.2 Å². The first-order chi connectivity index (χ1) is 16.5. The minimum Gasteiger partial charge on any atom is -0.380 e. The summed E-state index contributed by atoms with van der Waals surface area (Å²) in [5, 5.41) is 12.6. The first-order valence-electron chi connectivity index (χ1n) is 11.7. The normalized spacial score (nSPS) is 24.3. The van der Waals surface area contributed by atoms with Gasteiger partial charge in [-0.15, -0.1) is 0 Å². The lowest BCUT2D eigenvalue weighted by Gasteiger charge is -2.49. The molecule has 4 aromatic rings. The Bertz CT molecular complexity index is 1300. The van der Waals surface area contributed by atoms with Crippen molar-refractivity contribution >= 4 is 11.4 Å². The van der Waals surface area contributed by atoms with Gasteiger partial charge in [0.25, 0.3) is 0 Å². The van der Waals surface area contributed by atoms with E-state index in [0.29, 0.717) is 12.0 Å². The molecule has 0 unspecified atom stereocenters. The molecule has 0 radical (unpaired) electrons. The third-order valence-corrected chi connectivity index (χ3v) is 7.16. The molecule has 1 aliphatic carbocycles. The molecule has 5 rings (SSSR count). The molecule has 0 saturated carbocycles. The molecule has 168 valence electrons. The molecule has 1 aliphatic rings. The van der Waals surface area contributed by atoms with Gasteiger partial charge in [-0.1, -0.05) is 128 Å². The molecular formula is C32H28O2. The van der Waals surface area contributed by atoms with Gasteiger partial charge in [-0.25, -0.2) is 0 Å². The summed E-state index contributed by atoms with van der Waals surface area (Å²) in [7, 11) is 0. The number of rotatable bonds is 5. The maximum absolute atomic E-state index is 14.2. The van der Waals surface area contributed by atoms with Crippen molar-refractivity contribution in [3.8, 4) is 0 Å². The van der Waals surface area contributed by atoms with E-state index < -0.39 is 16.9 Å². The van der Waals surface area contributed by atoms with Gasteiger partial charge in [0, 0.05) is 11.0 Å². The third-order valence-electron chi connectivity index (χ3n) is 7.16. The number of Topliss-reactive ketones (excluding diaryl/α,β-unsaturated/α-hetero) is 1. The topological polar surface area (TPSA) is 37.3 Å². The Hall–Kier alpha value is -3.75. The minimum absolute atomic E-state index is 0.0540. The summed E-state index contributed by atoms with van der Waals surface area (Å²) >= 11 is 0. The summed E-state index contributed by atoms with van der Waals surface area (Å²) in [5.41, 5.74) is 2.35. The molecule has 0 saturated heterocycles.